The van der Waals surface area contributed by atoms with E-state index in [-0.39, 0.29) is 19.1 Å². The van der Waals surface area contributed by atoms with Crippen LogP contribution >= 0.6 is 11.8 Å². The minimum Gasteiger partial charge on any atom is -0.481 e. The summed E-state index contributed by atoms with van der Waals surface area (Å²) in [6, 6.07) is 5.42. The number of carbonyl (C=O) groups is 2. The zero-order valence-electron chi connectivity index (χ0n) is 12.1. The SMILES string of the molecule is CC(=N/N=C1/NC(=O)C(CC(=O)O)S1)c1ccc2c(c1)OCO2. The Morgan fingerprint density at radius 1 is 1.43 bits per heavy atom. The molecule has 8 nitrogen and oxygen atoms in total. The molecule has 2 aliphatic heterocycles. The Labute approximate surface area is 135 Å². The molecule has 1 saturated heterocycles. The van der Waals surface area contributed by atoms with Gasteiger partial charge in [0.25, 0.3) is 0 Å². The number of amidine groups is 1. The average Bonchev–Trinajstić information content (AvgIpc) is 3.10. The van der Waals surface area contributed by atoms with Gasteiger partial charge in [0.05, 0.1) is 12.1 Å². The number of hydrogen-bond acceptors (Lipinski definition) is 7. The molecule has 1 unspecified atom stereocenters. The molecule has 0 radical (unpaired) electrons. The Morgan fingerprint density at radius 3 is 3.00 bits per heavy atom. The number of carbonyl (C=O) groups excluding carboxylic acids is 1. The Hall–Kier alpha value is -2.55. The quantitative estimate of drug-likeness (QED) is 0.632. The van der Waals surface area contributed by atoms with Crippen molar-refractivity contribution in [2.24, 2.45) is 10.2 Å². The van der Waals surface area contributed by atoms with Gasteiger partial charge in [-0.25, -0.2) is 0 Å². The number of thioether (sulfide) groups is 1. The Morgan fingerprint density at radius 2 is 2.22 bits per heavy atom. The second-order valence-electron chi connectivity index (χ2n) is 4.85. The molecule has 1 aromatic rings. The number of nitrogens with one attached hydrogen (secondary N) is 1. The minimum atomic E-state index is -1.03. The van der Waals surface area contributed by atoms with Crippen LogP contribution in [-0.4, -0.2) is 39.9 Å². The summed E-state index contributed by atoms with van der Waals surface area (Å²) in [5.41, 5.74) is 1.45. The van der Waals surface area contributed by atoms with Gasteiger partial charge in [0, 0.05) is 5.56 Å². The van der Waals surface area contributed by atoms with Crippen molar-refractivity contribution >= 4 is 34.5 Å². The van der Waals surface area contributed by atoms with Crippen molar-refractivity contribution in [3.63, 3.8) is 0 Å². The van der Waals surface area contributed by atoms with E-state index in [9.17, 15) is 9.59 Å². The van der Waals surface area contributed by atoms with E-state index in [0.717, 1.165) is 17.3 Å². The van der Waals surface area contributed by atoms with Crippen molar-refractivity contribution < 1.29 is 24.2 Å². The van der Waals surface area contributed by atoms with Crippen LogP contribution in [0.25, 0.3) is 0 Å². The fraction of sp³-hybridized carbons (Fsp3) is 0.286. The highest BCUT2D eigenvalue weighted by Gasteiger charge is 2.32. The van der Waals surface area contributed by atoms with Crippen LogP contribution < -0.4 is 14.8 Å². The third-order valence-electron chi connectivity index (χ3n) is 3.22. The molecular formula is C14H13N3O5S. The van der Waals surface area contributed by atoms with Gasteiger partial charge >= 0.3 is 5.97 Å². The first-order valence-corrected chi connectivity index (χ1v) is 7.62. The maximum absolute atomic E-state index is 11.6. The molecule has 2 N–H and O–H groups in total. The summed E-state index contributed by atoms with van der Waals surface area (Å²) >= 11 is 1.06. The molecule has 120 valence electrons. The van der Waals surface area contributed by atoms with E-state index < -0.39 is 11.2 Å². The van der Waals surface area contributed by atoms with Crippen molar-refractivity contribution in [3.8, 4) is 11.5 Å². The highest BCUT2D eigenvalue weighted by atomic mass is 32.2. The molecular weight excluding hydrogens is 322 g/mol. The second kappa shape index (κ2) is 6.29. The lowest BCUT2D eigenvalue weighted by molar-refractivity contribution is -0.138. The molecule has 0 spiro atoms. The van der Waals surface area contributed by atoms with E-state index in [4.69, 9.17) is 14.6 Å². The van der Waals surface area contributed by atoms with E-state index in [2.05, 4.69) is 15.5 Å². The van der Waals surface area contributed by atoms with Gasteiger partial charge in [-0.3, -0.25) is 9.59 Å². The molecule has 0 bridgehead atoms. The summed E-state index contributed by atoms with van der Waals surface area (Å²) in [7, 11) is 0. The molecule has 1 fully saturated rings. The second-order valence-corrected chi connectivity index (χ2v) is 6.04. The number of rotatable bonds is 4. The fourth-order valence-electron chi connectivity index (χ4n) is 2.04. The molecule has 1 aromatic carbocycles. The van der Waals surface area contributed by atoms with Gasteiger partial charge in [0.15, 0.2) is 16.7 Å². The largest absolute Gasteiger partial charge is 0.481 e. The zero-order valence-corrected chi connectivity index (χ0v) is 12.9. The lowest BCUT2D eigenvalue weighted by atomic mass is 10.1. The van der Waals surface area contributed by atoms with Crippen LogP contribution in [0.3, 0.4) is 0 Å². The number of ether oxygens (including phenoxy) is 2. The number of hydrogen-bond donors (Lipinski definition) is 2. The van der Waals surface area contributed by atoms with Crippen LogP contribution in [0.4, 0.5) is 0 Å². The molecule has 0 aliphatic carbocycles. The topological polar surface area (TPSA) is 110 Å². The number of fused-ring (bicyclic) bond motifs is 1. The summed E-state index contributed by atoms with van der Waals surface area (Å²) in [5, 5.41) is 18.9. The summed E-state index contributed by atoms with van der Waals surface area (Å²) in [5.74, 6) is -0.0659. The van der Waals surface area contributed by atoms with Crippen LogP contribution in [0.15, 0.2) is 28.4 Å². The third-order valence-corrected chi connectivity index (χ3v) is 4.29. The summed E-state index contributed by atoms with van der Waals surface area (Å²) in [6.07, 6.45) is -0.250. The molecule has 23 heavy (non-hydrogen) atoms. The number of carboxylic acid groups (broad SMARTS) is 1. The normalized spacial score (nSPS) is 21.6. The van der Waals surface area contributed by atoms with E-state index >= 15 is 0 Å². The van der Waals surface area contributed by atoms with Crippen molar-refractivity contribution in [2.45, 2.75) is 18.6 Å². The number of benzene rings is 1. The van der Waals surface area contributed by atoms with Crippen molar-refractivity contribution in [2.75, 3.05) is 6.79 Å². The van der Waals surface area contributed by atoms with E-state index in [1.54, 1.807) is 19.1 Å². The zero-order chi connectivity index (χ0) is 16.4. The predicted octanol–water partition coefficient (Wildman–Crippen LogP) is 1.20. The first-order chi connectivity index (χ1) is 11.0. The van der Waals surface area contributed by atoms with Crippen LogP contribution in [0.5, 0.6) is 11.5 Å². The minimum absolute atomic E-state index is 0.199. The molecule has 9 heteroatoms. The molecule has 1 amide bonds. The van der Waals surface area contributed by atoms with Crippen LogP contribution in [0, 0.1) is 0 Å². The molecule has 3 rings (SSSR count). The molecule has 0 saturated carbocycles. The number of nitrogens with zero attached hydrogens (tertiary/aromatic N) is 2. The van der Waals surface area contributed by atoms with Crippen molar-refractivity contribution in [1.82, 2.24) is 5.32 Å². The molecule has 2 heterocycles. The molecule has 2 aliphatic rings. The summed E-state index contributed by atoms with van der Waals surface area (Å²) in [4.78, 5) is 22.3. The van der Waals surface area contributed by atoms with Gasteiger partial charge in [0.1, 0.15) is 5.25 Å². The summed E-state index contributed by atoms with van der Waals surface area (Å²) < 4.78 is 10.5. The monoisotopic (exact) mass is 335 g/mol. The molecule has 0 aromatic heterocycles. The van der Waals surface area contributed by atoms with Gasteiger partial charge in [0.2, 0.25) is 12.7 Å². The van der Waals surface area contributed by atoms with Crippen LogP contribution in [0.1, 0.15) is 18.9 Å². The standard InChI is InChI=1S/C14H13N3O5S/c1-7(8-2-3-9-10(4-8)22-6-21-9)16-17-14-15-13(20)11(23-14)5-12(18)19/h2-4,11H,5-6H2,1H3,(H,18,19)(H,15,17,20). The highest BCUT2D eigenvalue weighted by molar-refractivity contribution is 8.15. The van der Waals surface area contributed by atoms with Crippen LogP contribution in [0.2, 0.25) is 0 Å². The average molecular weight is 335 g/mol. The van der Waals surface area contributed by atoms with Gasteiger partial charge in [-0.05, 0) is 25.1 Å². The predicted molar refractivity (Wildman–Crippen MR) is 84.0 cm³/mol. The Kier molecular flexibility index (Phi) is 4.20. The highest BCUT2D eigenvalue weighted by Crippen LogP contribution is 2.32. The maximum Gasteiger partial charge on any atom is 0.305 e. The maximum atomic E-state index is 11.6. The van der Waals surface area contributed by atoms with Crippen molar-refractivity contribution in [1.29, 1.82) is 0 Å². The Balaban J connectivity index is 1.72. The third kappa shape index (κ3) is 3.45. The first-order valence-electron chi connectivity index (χ1n) is 6.74. The lowest BCUT2D eigenvalue weighted by Crippen LogP contribution is -2.26. The smallest absolute Gasteiger partial charge is 0.305 e. The van der Waals surface area contributed by atoms with Crippen LogP contribution in [-0.2, 0) is 9.59 Å². The number of aliphatic carboxylic acids is 1. The van der Waals surface area contributed by atoms with Gasteiger partial charge in [-0.15, -0.1) is 5.10 Å². The van der Waals surface area contributed by atoms with Gasteiger partial charge in [-0.2, -0.15) is 5.10 Å². The molecule has 1 atom stereocenters. The Bertz CT molecular complexity index is 731. The van der Waals surface area contributed by atoms with Crippen molar-refractivity contribution in [3.05, 3.63) is 23.8 Å². The van der Waals surface area contributed by atoms with E-state index in [1.165, 1.54) is 0 Å². The van der Waals surface area contributed by atoms with Gasteiger partial charge < -0.3 is 19.9 Å². The fourth-order valence-corrected chi connectivity index (χ4v) is 2.95. The summed E-state index contributed by atoms with van der Waals surface area (Å²) in [6.45, 7) is 1.97. The number of amides is 1. The number of carboxylic acids is 1. The lowest BCUT2D eigenvalue weighted by Gasteiger charge is -2.01. The van der Waals surface area contributed by atoms with E-state index in [0.29, 0.717) is 22.4 Å². The van der Waals surface area contributed by atoms with Gasteiger partial charge in [-0.1, -0.05) is 11.8 Å². The van der Waals surface area contributed by atoms with E-state index in [1.807, 2.05) is 6.07 Å². The first kappa shape index (κ1) is 15.3.